The first-order chi connectivity index (χ1) is 5.88. The highest BCUT2D eigenvalue weighted by Crippen LogP contribution is 2.12. The van der Waals surface area contributed by atoms with Crippen LogP contribution in [0.1, 0.15) is 25.0 Å². The fourth-order valence-corrected chi connectivity index (χ4v) is 1.34. The smallest absolute Gasteiger partial charge is 0.0477 e. The third-order valence-corrected chi connectivity index (χ3v) is 1.98. The van der Waals surface area contributed by atoms with Crippen molar-refractivity contribution in [1.29, 1.82) is 0 Å². The molecule has 2 heteroatoms. The van der Waals surface area contributed by atoms with Crippen molar-refractivity contribution in [3.63, 3.8) is 0 Å². The fourth-order valence-electron chi connectivity index (χ4n) is 0.818. The summed E-state index contributed by atoms with van der Waals surface area (Å²) in [4.78, 5) is 0. The van der Waals surface area contributed by atoms with Crippen molar-refractivity contribution in [1.82, 2.24) is 0 Å². The second kappa shape index (κ2) is 7.45. The van der Waals surface area contributed by atoms with Gasteiger partial charge >= 0.3 is 0 Å². The van der Waals surface area contributed by atoms with Crippen molar-refractivity contribution in [3.05, 3.63) is 35.4 Å². The van der Waals surface area contributed by atoms with Gasteiger partial charge in [-0.1, -0.05) is 38.1 Å². The Morgan fingerprint density at radius 2 is 1.25 bits per heavy atom. The van der Waals surface area contributed by atoms with Gasteiger partial charge in [0, 0.05) is 11.8 Å². The van der Waals surface area contributed by atoms with Crippen molar-refractivity contribution in [2.75, 3.05) is 0 Å². The third-order valence-electron chi connectivity index (χ3n) is 1.41. The van der Waals surface area contributed by atoms with Gasteiger partial charge in [0.15, 0.2) is 0 Å². The minimum absolute atomic E-state index is 0.545. The maximum Gasteiger partial charge on any atom is 0.0477 e. The van der Waals surface area contributed by atoms with Gasteiger partial charge in [0.05, 0.1) is 0 Å². The van der Waals surface area contributed by atoms with E-state index in [4.69, 9.17) is 23.2 Å². The molecular weight excluding hydrogens is 191 g/mol. The average Bonchev–Trinajstić information content (AvgIpc) is 2.20. The Morgan fingerprint density at radius 1 is 0.917 bits per heavy atom. The van der Waals surface area contributed by atoms with Gasteiger partial charge < -0.3 is 0 Å². The summed E-state index contributed by atoms with van der Waals surface area (Å²) in [6.45, 7) is 4.00. The van der Waals surface area contributed by atoms with Crippen LogP contribution in [-0.2, 0) is 11.8 Å². The lowest BCUT2D eigenvalue weighted by Crippen LogP contribution is -1.85. The van der Waals surface area contributed by atoms with Gasteiger partial charge in [0.1, 0.15) is 0 Å². The molecule has 0 spiro atoms. The molecule has 0 amide bonds. The molecule has 1 aromatic rings. The number of benzene rings is 1. The molecule has 0 heterocycles. The second-order valence-electron chi connectivity index (χ2n) is 2.04. The van der Waals surface area contributed by atoms with E-state index in [1.165, 1.54) is 0 Å². The second-order valence-corrected chi connectivity index (χ2v) is 2.57. The van der Waals surface area contributed by atoms with Crippen LogP contribution in [0.5, 0.6) is 0 Å². The van der Waals surface area contributed by atoms with Gasteiger partial charge in [-0.15, -0.1) is 23.2 Å². The van der Waals surface area contributed by atoms with Crippen LogP contribution in [0.25, 0.3) is 0 Å². The van der Waals surface area contributed by atoms with Crippen molar-refractivity contribution in [3.8, 4) is 0 Å². The van der Waals surface area contributed by atoms with E-state index in [0.29, 0.717) is 11.8 Å². The standard InChI is InChI=1S/C8H8Cl2.C2H6/c9-5-7-3-1-2-4-8(7)6-10;1-2/h1-4H,5-6H2;1-2H3. The van der Waals surface area contributed by atoms with E-state index in [-0.39, 0.29) is 0 Å². The lowest BCUT2D eigenvalue weighted by Gasteiger charge is -2.00. The molecule has 0 radical (unpaired) electrons. The number of hydrogen-bond donors (Lipinski definition) is 0. The summed E-state index contributed by atoms with van der Waals surface area (Å²) in [5.41, 5.74) is 2.25. The topological polar surface area (TPSA) is 0 Å². The minimum atomic E-state index is 0.545. The zero-order chi connectivity index (χ0) is 9.40. The maximum absolute atomic E-state index is 5.65. The normalized spacial score (nSPS) is 8.67. The Bertz CT molecular complexity index is 186. The van der Waals surface area contributed by atoms with E-state index in [1.807, 2.05) is 38.1 Å². The van der Waals surface area contributed by atoms with Crippen LogP contribution in [0.2, 0.25) is 0 Å². The molecule has 0 atom stereocenters. The van der Waals surface area contributed by atoms with Crippen LogP contribution in [-0.4, -0.2) is 0 Å². The third kappa shape index (κ3) is 3.46. The summed E-state index contributed by atoms with van der Waals surface area (Å²) in [6.07, 6.45) is 0. The highest BCUT2D eigenvalue weighted by molar-refractivity contribution is 6.18. The Morgan fingerprint density at radius 3 is 1.50 bits per heavy atom. The van der Waals surface area contributed by atoms with E-state index in [2.05, 4.69) is 0 Å². The molecule has 0 aliphatic heterocycles. The van der Waals surface area contributed by atoms with E-state index in [0.717, 1.165) is 11.1 Å². The Labute approximate surface area is 84.5 Å². The quantitative estimate of drug-likeness (QED) is 0.635. The summed E-state index contributed by atoms with van der Waals surface area (Å²) < 4.78 is 0. The van der Waals surface area contributed by atoms with E-state index < -0.39 is 0 Å². The molecule has 0 unspecified atom stereocenters. The molecule has 0 bridgehead atoms. The predicted octanol–water partition coefficient (Wildman–Crippen LogP) is 4.19. The molecule has 1 aromatic carbocycles. The molecule has 1 rings (SSSR count). The van der Waals surface area contributed by atoms with Gasteiger partial charge in [0.2, 0.25) is 0 Å². The molecule has 0 aromatic heterocycles. The van der Waals surface area contributed by atoms with E-state index in [1.54, 1.807) is 0 Å². The molecule has 0 N–H and O–H groups in total. The molecule has 0 nitrogen and oxygen atoms in total. The summed E-state index contributed by atoms with van der Waals surface area (Å²) in [6, 6.07) is 7.91. The predicted molar refractivity (Wildman–Crippen MR) is 56.9 cm³/mol. The average molecular weight is 205 g/mol. The summed E-state index contributed by atoms with van der Waals surface area (Å²) >= 11 is 11.3. The van der Waals surface area contributed by atoms with Crippen LogP contribution in [0.4, 0.5) is 0 Å². The highest BCUT2D eigenvalue weighted by atomic mass is 35.5. The van der Waals surface area contributed by atoms with Gasteiger partial charge in [-0.25, -0.2) is 0 Å². The van der Waals surface area contributed by atoms with Crippen LogP contribution >= 0.6 is 23.2 Å². The van der Waals surface area contributed by atoms with Crippen LogP contribution in [0, 0.1) is 0 Å². The monoisotopic (exact) mass is 204 g/mol. The minimum Gasteiger partial charge on any atom is -0.122 e. The van der Waals surface area contributed by atoms with Crippen LogP contribution in [0.3, 0.4) is 0 Å². The molecule has 68 valence electrons. The van der Waals surface area contributed by atoms with Gasteiger partial charge in [-0.3, -0.25) is 0 Å². The molecule has 0 saturated heterocycles. The molecule has 0 saturated carbocycles. The maximum atomic E-state index is 5.65. The highest BCUT2D eigenvalue weighted by Gasteiger charge is 1.96. The number of halogens is 2. The van der Waals surface area contributed by atoms with Crippen molar-refractivity contribution in [2.24, 2.45) is 0 Å². The Balaban J connectivity index is 0.000000561. The number of rotatable bonds is 2. The summed E-state index contributed by atoms with van der Waals surface area (Å²) in [5, 5.41) is 0. The first-order valence-electron chi connectivity index (χ1n) is 4.07. The molecule has 0 fully saturated rings. The largest absolute Gasteiger partial charge is 0.122 e. The molecule has 0 aliphatic carbocycles. The van der Waals surface area contributed by atoms with E-state index in [9.17, 15) is 0 Å². The Kier molecular flexibility index (Phi) is 7.33. The van der Waals surface area contributed by atoms with Crippen molar-refractivity contribution < 1.29 is 0 Å². The van der Waals surface area contributed by atoms with Crippen LogP contribution < -0.4 is 0 Å². The van der Waals surface area contributed by atoms with Crippen molar-refractivity contribution in [2.45, 2.75) is 25.6 Å². The lowest BCUT2D eigenvalue weighted by molar-refractivity contribution is 1.27. The lowest BCUT2D eigenvalue weighted by atomic mass is 10.1. The van der Waals surface area contributed by atoms with Gasteiger partial charge in [-0.05, 0) is 11.1 Å². The van der Waals surface area contributed by atoms with Gasteiger partial charge in [-0.2, -0.15) is 0 Å². The number of alkyl halides is 2. The summed E-state index contributed by atoms with van der Waals surface area (Å²) in [7, 11) is 0. The zero-order valence-electron chi connectivity index (χ0n) is 7.48. The summed E-state index contributed by atoms with van der Waals surface area (Å²) in [5.74, 6) is 1.09. The van der Waals surface area contributed by atoms with Crippen molar-refractivity contribution >= 4 is 23.2 Å². The van der Waals surface area contributed by atoms with E-state index >= 15 is 0 Å². The molecule has 0 aliphatic rings. The zero-order valence-corrected chi connectivity index (χ0v) is 8.99. The first-order valence-corrected chi connectivity index (χ1v) is 5.14. The molecular formula is C10H14Cl2. The van der Waals surface area contributed by atoms with Crippen LogP contribution in [0.15, 0.2) is 24.3 Å². The van der Waals surface area contributed by atoms with Gasteiger partial charge in [0.25, 0.3) is 0 Å². The number of hydrogen-bond acceptors (Lipinski definition) is 0. The molecule has 12 heavy (non-hydrogen) atoms. The first kappa shape index (κ1) is 11.8. The SMILES string of the molecule is CC.ClCc1ccccc1CCl. The fraction of sp³-hybridized carbons (Fsp3) is 0.400. The Hall–Kier alpha value is -0.200.